The van der Waals surface area contributed by atoms with Gasteiger partial charge in [-0.05, 0) is 18.6 Å². The highest BCUT2D eigenvalue weighted by atomic mass is 35.5. The Labute approximate surface area is 117 Å². The molecule has 5 nitrogen and oxygen atoms in total. The highest BCUT2D eigenvalue weighted by Gasteiger charge is 2.28. The van der Waals surface area contributed by atoms with Gasteiger partial charge < -0.3 is 0 Å². The van der Waals surface area contributed by atoms with Crippen LogP contribution in [-0.2, 0) is 10.0 Å². The van der Waals surface area contributed by atoms with E-state index in [4.69, 9.17) is 11.6 Å². The van der Waals surface area contributed by atoms with Crippen LogP contribution in [0, 0.1) is 0 Å². The molecule has 2 rings (SSSR count). The average Bonchev–Trinajstić information content (AvgIpc) is 2.72. The molecule has 0 fully saturated rings. The van der Waals surface area contributed by atoms with Crippen LogP contribution in [0.25, 0.3) is 5.65 Å². The van der Waals surface area contributed by atoms with Crippen LogP contribution < -0.4 is 0 Å². The van der Waals surface area contributed by atoms with Gasteiger partial charge in [-0.15, -0.1) is 6.58 Å². The Balaban J connectivity index is 2.54. The van der Waals surface area contributed by atoms with E-state index in [2.05, 4.69) is 11.6 Å². The van der Waals surface area contributed by atoms with Crippen LogP contribution in [0.1, 0.15) is 6.42 Å². The van der Waals surface area contributed by atoms with Gasteiger partial charge >= 0.3 is 0 Å². The van der Waals surface area contributed by atoms with Crippen molar-refractivity contribution in [2.24, 2.45) is 0 Å². The van der Waals surface area contributed by atoms with Gasteiger partial charge in [0.25, 0.3) is 10.0 Å². The first-order valence-corrected chi connectivity index (χ1v) is 7.50. The van der Waals surface area contributed by atoms with Crippen LogP contribution in [0.15, 0.2) is 42.1 Å². The smallest absolute Gasteiger partial charge is 0.262 e. The predicted octanol–water partition coefficient (Wildman–Crippen LogP) is 2.18. The molecule has 0 atom stereocenters. The maximum Gasteiger partial charge on any atom is 0.262 e. The van der Waals surface area contributed by atoms with Gasteiger partial charge in [-0.1, -0.05) is 23.7 Å². The van der Waals surface area contributed by atoms with Gasteiger partial charge in [-0.25, -0.2) is 13.4 Å². The molecular weight excluding hydrogens is 286 g/mol. The fourth-order valence-electron chi connectivity index (χ4n) is 1.72. The molecule has 0 saturated carbocycles. The molecule has 2 aromatic rings. The molecule has 0 aliphatic heterocycles. The molecule has 0 aliphatic rings. The number of sulfonamides is 1. The lowest BCUT2D eigenvalue weighted by atomic mass is 10.4. The Morgan fingerprint density at radius 3 is 2.95 bits per heavy atom. The molecule has 0 bridgehead atoms. The predicted molar refractivity (Wildman–Crippen MR) is 74.8 cm³/mol. The lowest BCUT2D eigenvalue weighted by Gasteiger charge is -2.15. The molecule has 19 heavy (non-hydrogen) atoms. The van der Waals surface area contributed by atoms with Crippen molar-refractivity contribution < 1.29 is 8.42 Å². The summed E-state index contributed by atoms with van der Waals surface area (Å²) in [7, 11) is -2.16. The number of fused-ring (bicyclic) bond motifs is 1. The maximum absolute atomic E-state index is 12.5. The van der Waals surface area contributed by atoms with E-state index in [-0.39, 0.29) is 10.2 Å². The zero-order valence-electron chi connectivity index (χ0n) is 10.5. The second-order valence-electron chi connectivity index (χ2n) is 4.04. The minimum Gasteiger partial charge on any atom is -0.288 e. The van der Waals surface area contributed by atoms with E-state index in [1.807, 2.05) is 0 Å². The minimum absolute atomic E-state index is 0.00340. The first-order chi connectivity index (χ1) is 8.98. The fraction of sp³-hybridized carbons (Fsp3) is 0.250. The number of imidazole rings is 1. The van der Waals surface area contributed by atoms with Crippen LogP contribution in [0.5, 0.6) is 0 Å². The van der Waals surface area contributed by atoms with E-state index >= 15 is 0 Å². The van der Waals surface area contributed by atoms with Crippen molar-refractivity contribution in [1.29, 1.82) is 0 Å². The summed E-state index contributed by atoms with van der Waals surface area (Å²) in [6, 6.07) is 5.21. The molecule has 0 amide bonds. The largest absolute Gasteiger partial charge is 0.288 e. The maximum atomic E-state index is 12.5. The summed E-state index contributed by atoms with van der Waals surface area (Å²) in [5.41, 5.74) is 0.503. The van der Waals surface area contributed by atoms with Crippen LogP contribution in [0.4, 0.5) is 0 Å². The van der Waals surface area contributed by atoms with Crippen molar-refractivity contribution in [2.45, 2.75) is 11.4 Å². The van der Waals surface area contributed by atoms with Crippen molar-refractivity contribution in [3.05, 3.63) is 42.2 Å². The van der Waals surface area contributed by atoms with Gasteiger partial charge in [-0.2, -0.15) is 4.31 Å². The zero-order chi connectivity index (χ0) is 14.0. The third kappa shape index (κ3) is 2.51. The highest BCUT2D eigenvalue weighted by molar-refractivity contribution is 7.89. The Kier molecular flexibility index (Phi) is 3.93. The molecular formula is C12H14ClN3O2S. The topological polar surface area (TPSA) is 54.7 Å². The van der Waals surface area contributed by atoms with Crippen molar-refractivity contribution >= 4 is 27.3 Å². The van der Waals surface area contributed by atoms with E-state index in [9.17, 15) is 8.42 Å². The molecule has 0 N–H and O–H groups in total. The third-order valence-corrected chi connectivity index (χ3v) is 5.01. The molecule has 0 saturated heterocycles. The van der Waals surface area contributed by atoms with Crippen molar-refractivity contribution in [1.82, 2.24) is 13.7 Å². The number of aromatic nitrogens is 2. The van der Waals surface area contributed by atoms with E-state index in [1.54, 1.807) is 30.5 Å². The SMILES string of the molecule is C=CCCN(C)S(=O)(=O)c1c(Cl)nc2ccccn12. The summed E-state index contributed by atoms with van der Waals surface area (Å²) in [6.07, 6.45) is 3.87. The molecule has 0 unspecified atom stereocenters. The van der Waals surface area contributed by atoms with Crippen molar-refractivity contribution in [3.8, 4) is 0 Å². The quantitative estimate of drug-likeness (QED) is 0.795. The van der Waals surface area contributed by atoms with Gasteiger partial charge in [0.1, 0.15) is 5.65 Å². The van der Waals surface area contributed by atoms with Gasteiger partial charge in [0.15, 0.2) is 10.2 Å². The molecule has 7 heteroatoms. The number of hydrogen-bond donors (Lipinski definition) is 0. The fourth-order valence-corrected chi connectivity index (χ4v) is 3.49. The summed E-state index contributed by atoms with van der Waals surface area (Å²) in [5, 5.41) is -0.0204. The summed E-state index contributed by atoms with van der Waals surface area (Å²) in [4.78, 5) is 4.04. The summed E-state index contributed by atoms with van der Waals surface area (Å²) >= 11 is 5.97. The van der Waals surface area contributed by atoms with Crippen LogP contribution in [0.3, 0.4) is 0 Å². The first-order valence-electron chi connectivity index (χ1n) is 5.68. The van der Waals surface area contributed by atoms with Crippen LogP contribution >= 0.6 is 11.6 Å². The molecule has 102 valence electrons. The van der Waals surface area contributed by atoms with E-state index in [1.165, 1.54) is 15.8 Å². The number of nitrogens with zero attached hydrogens (tertiary/aromatic N) is 3. The summed E-state index contributed by atoms with van der Waals surface area (Å²) in [6.45, 7) is 3.93. The van der Waals surface area contributed by atoms with E-state index in [0.29, 0.717) is 18.6 Å². The Morgan fingerprint density at radius 2 is 2.26 bits per heavy atom. The van der Waals surface area contributed by atoms with Gasteiger partial charge in [0.05, 0.1) is 0 Å². The number of hydrogen-bond acceptors (Lipinski definition) is 3. The average molecular weight is 300 g/mol. The van der Waals surface area contributed by atoms with E-state index < -0.39 is 10.0 Å². The van der Waals surface area contributed by atoms with Crippen molar-refractivity contribution in [3.63, 3.8) is 0 Å². The second kappa shape index (κ2) is 5.32. The van der Waals surface area contributed by atoms with E-state index in [0.717, 1.165) is 0 Å². The normalized spacial score (nSPS) is 12.2. The first kappa shape index (κ1) is 14.0. The second-order valence-corrected chi connectivity index (χ2v) is 6.36. The number of halogens is 1. The van der Waals surface area contributed by atoms with Gasteiger partial charge in [0, 0.05) is 19.8 Å². The number of rotatable bonds is 5. The number of pyridine rings is 1. The lowest BCUT2D eigenvalue weighted by molar-refractivity contribution is 0.471. The lowest BCUT2D eigenvalue weighted by Crippen LogP contribution is -2.28. The standard InChI is InChI=1S/C12H14ClN3O2S/c1-3-4-8-15(2)19(17,18)12-11(13)14-10-7-5-6-9-16(10)12/h3,5-7,9H,1,4,8H2,2H3. The molecule has 0 aliphatic carbocycles. The molecule has 2 aromatic heterocycles. The van der Waals surface area contributed by atoms with Crippen molar-refractivity contribution in [2.75, 3.05) is 13.6 Å². The van der Waals surface area contributed by atoms with Crippen LogP contribution in [-0.4, -0.2) is 35.7 Å². The van der Waals surface area contributed by atoms with Gasteiger partial charge in [0.2, 0.25) is 0 Å². The Bertz CT molecular complexity index is 709. The Hall–Kier alpha value is -1.37. The molecule has 0 aromatic carbocycles. The molecule has 0 spiro atoms. The zero-order valence-corrected chi connectivity index (χ0v) is 12.0. The third-order valence-electron chi connectivity index (χ3n) is 2.75. The van der Waals surface area contributed by atoms with Gasteiger partial charge in [-0.3, -0.25) is 4.40 Å². The Morgan fingerprint density at radius 1 is 1.53 bits per heavy atom. The van der Waals surface area contributed by atoms with Crippen LogP contribution in [0.2, 0.25) is 5.15 Å². The molecule has 2 heterocycles. The minimum atomic E-state index is -3.67. The summed E-state index contributed by atoms with van der Waals surface area (Å²) < 4.78 is 27.7. The summed E-state index contributed by atoms with van der Waals surface area (Å²) in [5.74, 6) is 0. The monoisotopic (exact) mass is 299 g/mol. The highest BCUT2D eigenvalue weighted by Crippen LogP contribution is 2.25. The molecule has 0 radical (unpaired) electrons.